The van der Waals surface area contributed by atoms with E-state index in [0.29, 0.717) is 6.42 Å². The van der Waals surface area contributed by atoms with E-state index in [1.165, 1.54) is 0 Å². The summed E-state index contributed by atoms with van der Waals surface area (Å²) < 4.78 is 28.0. The van der Waals surface area contributed by atoms with E-state index in [9.17, 15) is 13.2 Å². The normalized spacial score (nSPS) is 18.4. The molecular weight excluding hydrogens is 374 g/mol. The van der Waals surface area contributed by atoms with Crippen molar-refractivity contribution in [2.24, 2.45) is 5.92 Å². The Labute approximate surface area is 163 Å². The highest BCUT2D eigenvalue weighted by Crippen LogP contribution is 2.16. The average molecular weight is 404 g/mol. The summed E-state index contributed by atoms with van der Waals surface area (Å²) in [6.07, 6.45) is 1.36. The first-order chi connectivity index (χ1) is 11.7. The third kappa shape index (κ3) is 5.94. The Morgan fingerprint density at radius 2 is 1.92 bits per heavy atom. The van der Waals surface area contributed by atoms with Gasteiger partial charge in [0.25, 0.3) is 0 Å². The van der Waals surface area contributed by atoms with Gasteiger partial charge < -0.3 is 10.2 Å². The monoisotopic (exact) mass is 403 g/mol. The van der Waals surface area contributed by atoms with Crippen LogP contribution in [0.5, 0.6) is 0 Å². The van der Waals surface area contributed by atoms with Crippen molar-refractivity contribution in [2.45, 2.75) is 50.6 Å². The van der Waals surface area contributed by atoms with Crippen LogP contribution in [0.1, 0.15) is 32.3 Å². The summed E-state index contributed by atoms with van der Waals surface area (Å²) in [5.74, 6) is 0.0304. The average Bonchev–Trinajstić information content (AvgIpc) is 3.07. The van der Waals surface area contributed by atoms with Crippen LogP contribution in [0.4, 0.5) is 0 Å². The molecule has 0 spiro atoms. The third-order valence-electron chi connectivity index (χ3n) is 4.56. The number of carbonyl (C=O) groups excluding carboxylic acids is 1. The number of hydrogen-bond donors (Lipinski definition) is 2. The van der Waals surface area contributed by atoms with E-state index in [1.807, 2.05) is 20.8 Å². The maximum Gasteiger partial charge on any atom is 0.241 e. The highest BCUT2D eigenvalue weighted by atomic mass is 35.5. The summed E-state index contributed by atoms with van der Waals surface area (Å²) in [6, 6.07) is 6.01. The number of carbonyl (C=O) groups is 1. The van der Waals surface area contributed by atoms with E-state index in [0.717, 1.165) is 25.1 Å². The van der Waals surface area contributed by atoms with Crippen LogP contribution in [0.25, 0.3) is 0 Å². The molecule has 2 N–H and O–H groups in total. The lowest BCUT2D eigenvalue weighted by Crippen LogP contribution is -2.51. The zero-order chi connectivity index (χ0) is 18.6. The zero-order valence-corrected chi connectivity index (χ0v) is 17.5. The quantitative estimate of drug-likeness (QED) is 0.729. The minimum absolute atomic E-state index is 0. The number of amides is 1. The lowest BCUT2D eigenvalue weighted by atomic mass is 10.0. The van der Waals surface area contributed by atoms with Gasteiger partial charge in [-0.2, -0.15) is 4.72 Å². The van der Waals surface area contributed by atoms with E-state index < -0.39 is 16.1 Å². The van der Waals surface area contributed by atoms with Crippen molar-refractivity contribution >= 4 is 28.3 Å². The van der Waals surface area contributed by atoms with Crippen LogP contribution in [0.2, 0.25) is 0 Å². The number of nitrogens with one attached hydrogen (secondary N) is 2. The highest BCUT2D eigenvalue weighted by molar-refractivity contribution is 7.89. The van der Waals surface area contributed by atoms with Gasteiger partial charge in [0.05, 0.1) is 4.90 Å². The molecule has 0 bridgehead atoms. The standard InChI is InChI=1S/C18H29N3O3S.ClH/c1-13(2)11-17(18(22)21(4)15-9-10-19-12-15)20-25(23,24)16-7-5-14(3)6-8-16;/h5-8,13,15,17,19-20H,9-12H2,1-4H3;1H. The van der Waals surface area contributed by atoms with Gasteiger partial charge in [0, 0.05) is 19.6 Å². The molecule has 6 nitrogen and oxygen atoms in total. The van der Waals surface area contributed by atoms with Gasteiger partial charge in [-0.3, -0.25) is 4.79 Å². The summed E-state index contributed by atoms with van der Waals surface area (Å²) >= 11 is 0. The number of hydrogen-bond acceptors (Lipinski definition) is 4. The number of nitrogens with zero attached hydrogens (tertiary/aromatic N) is 1. The molecular formula is C18H30ClN3O3S. The lowest BCUT2D eigenvalue weighted by Gasteiger charge is -2.29. The molecule has 1 saturated heterocycles. The molecule has 1 aliphatic heterocycles. The van der Waals surface area contributed by atoms with Crippen LogP contribution in [-0.2, 0) is 14.8 Å². The molecule has 2 atom stereocenters. The third-order valence-corrected chi connectivity index (χ3v) is 6.05. The van der Waals surface area contributed by atoms with Gasteiger partial charge in [-0.25, -0.2) is 8.42 Å². The van der Waals surface area contributed by atoms with Crippen LogP contribution in [0.15, 0.2) is 29.2 Å². The van der Waals surface area contributed by atoms with Crippen LogP contribution in [-0.4, -0.2) is 51.4 Å². The summed E-state index contributed by atoms with van der Waals surface area (Å²) in [5.41, 5.74) is 0.988. The fourth-order valence-electron chi connectivity index (χ4n) is 3.04. The summed E-state index contributed by atoms with van der Waals surface area (Å²) in [4.78, 5) is 14.8. The number of sulfonamides is 1. The number of halogens is 1. The maximum atomic E-state index is 12.9. The van der Waals surface area contributed by atoms with Crippen LogP contribution in [0.3, 0.4) is 0 Å². The predicted molar refractivity (Wildman–Crippen MR) is 106 cm³/mol. The van der Waals surface area contributed by atoms with Crippen molar-refractivity contribution in [3.63, 3.8) is 0 Å². The van der Waals surface area contributed by atoms with Crippen LogP contribution in [0, 0.1) is 12.8 Å². The van der Waals surface area contributed by atoms with Crippen LogP contribution >= 0.6 is 12.4 Å². The smallest absolute Gasteiger partial charge is 0.241 e. The van der Waals surface area contributed by atoms with Gasteiger partial charge in [-0.1, -0.05) is 31.5 Å². The summed E-state index contributed by atoms with van der Waals surface area (Å²) in [7, 11) is -1.98. The largest absolute Gasteiger partial charge is 0.340 e. The molecule has 8 heteroatoms. The first kappa shape index (κ1) is 22.9. The molecule has 0 radical (unpaired) electrons. The molecule has 0 saturated carbocycles. The highest BCUT2D eigenvalue weighted by Gasteiger charge is 2.32. The number of likely N-dealkylation sites (N-methyl/N-ethyl adjacent to an activating group) is 1. The second kappa shape index (κ2) is 9.69. The van der Waals surface area contributed by atoms with E-state index in [2.05, 4.69) is 10.0 Å². The van der Waals surface area contributed by atoms with Crippen LogP contribution < -0.4 is 10.0 Å². The Morgan fingerprint density at radius 1 is 1.31 bits per heavy atom. The molecule has 2 unspecified atom stereocenters. The Bertz CT molecular complexity index is 686. The van der Waals surface area contributed by atoms with E-state index in [4.69, 9.17) is 0 Å². The molecule has 1 heterocycles. The SMILES string of the molecule is Cc1ccc(S(=O)(=O)NC(CC(C)C)C(=O)N(C)C2CCNC2)cc1.Cl. The number of rotatable bonds is 7. The Morgan fingerprint density at radius 3 is 2.42 bits per heavy atom. The van der Waals surface area contributed by atoms with E-state index >= 15 is 0 Å². The molecule has 2 rings (SSSR count). The van der Waals surface area contributed by atoms with Crippen molar-refractivity contribution < 1.29 is 13.2 Å². The minimum Gasteiger partial charge on any atom is -0.340 e. The van der Waals surface area contributed by atoms with Crippen molar-refractivity contribution in [2.75, 3.05) is 20.1 Å². The predicted octanol–water partition coefficient (Wildman–Crippen LogP) is 1.93. The van der Waals surface area contributed by atoms with Crippen molar-refractivity contribution in [3.05, 3.63) is 29.8 Å². The summed E-state index contributed by atoms with van der Waals surface area (Å²) in [5, 5.41) is 3.23. The molecule has 1 amide bonds. The van der Waals surface area contributed by atoms with Gasteiger partial charge >= 0.3 is 0 Å². The molecule has 26 heavy (non-hydrogen) atoms. The topological polar surface area (TPSA) is 78.5 Å². The van der Waals surface area contributed by atoms with Gasteiger partial charge in [0.15, 0.2) is 0 Å². The van der Waals surface area contributed by atoms with E-state index in [-0.39, 0.29) is 35.2 Å². The molecule has 148 valence electrons. The molecule has 1 aromatic rings. The number of aryl methyl sites for hydroxylation is 1. The Hall–Kier alpha value is -1.15. The van der Waals surface area contributed by atoms with Crippen molar-refractivity contribution in [1.82, 2.24) is 14.9 Å². The van der Waals surface area contributed by atoms with Gasteiger partial charge in [-0.15, -0.1) is 12.4 Å². The lowest BCUT2D eigenvalue weighted by molar-refractivity contribution is -0.133. The Kier molecular flexibility index (Phi) is 8.53. The zero-order valence-electron chi connectivity index (χ0n) is 15.9. The molecule has 1 aromatic carbocycles. The van der Waals surface area contributed by atoms with Gasteiger partial charge in [0.2, 0.25) is 15.9 Å². The summed E-state index contributed by atoms with van der Waals surface area (Å²) in [6.45, 7) is 7.50. The maximum absolute atomic E-state index is 12.9. The molecule has 1 aliphatic rings. The second-order valence-corrected chi connectivity index (χ2v) is 8.93. The minimum atomic E-state index is -3.74. The number of benzene rings is 1. The van der Waals surface area contributed by atoms with Gasteiger partial charge in [-0.05, 0) is 44.4 Å². The van der Waals surface area contributed by atoms with Gasteiger partial charge in [0.1, 0.15) is 6.04 Å². The first-order valence-corrected chi connectivity index (χ1v) is 10.3. The van der Waals surface area contributed by atoms with Crippen molar-refractivity contribution in [1.29, 1.82) is 0 Å². The molecule has 0 aromatic heterocycles. The van der Waals surface area contributed by atoms with E-state index in [1.54, 1.807) is 36.2 Å². The second-order valence-electron chi connectivity index (χ2n) is 7.21. The molecule has 0 aliphatic carbocycles. The fourth-order valence-corrected chi connectivity index (χ4v) is 4.24. The first-order valence-electron chi connectivity index (χ1n) is 8.77. The fraction of sp³-hybridized carbons (Fsp3) is 0.611. The Balaban J connectivity index is 0.00000338. The van der Waals surface area contributed by atoms with Crippen molar-refractivity contribution in [3.8, 4) is 0 Å². The molecule has 1 fully saturated rings.